The van der Waals surface area contributed by atoms with Crippen LogP contribution in [0.2, 0.25) is 0 Å². The highest BCUT2D eigenvalue weighted by molar-refractivity contribution is 6.36. The maximum absolute atomic E-state index is 10.6. The van der Waals surface area contributed by atoms with Crippen molar-refractivity contribution in [3.8, 4) is 0 Å². The molecule has 0 aliphatic heterocycles. The Morgan fingerprint density at radius 3 is 2.75 bits per heavy atom. The Morgan fingerprint density at radius 2 is 2.33 bits per heavy atom. The fourth-order valence-corrected chi connectivity index (χ4v) is 1.42. The van der Waals surface area contributed by atoms with Crippen LogP contribution in [-0.2, 0) is 4.79 Å². The molecule has 0 aromatic carbocycles. The van der Waals surface area contributed by atoms with Crippen LogP contribution in [0.3, 0.4) is 0 Å². The molecule has 1 aliphatic rings. The molecular formula is C8H8Cl2O2. The first-order valence-corrected chi connectivity index (χ1v) is 4.22. The van der Waals surface area contributed by atoms with Crippen LogP contribution in [-0.4, -0.2) is 21.3 Å². The van der Waals surface area contributed by atoms with Crippen molar-refractivity contribution < 1.29 is 9.90 Å². The molecule has 1 N–H and O–H groups in total. The van der Waals surface area contributed by atoms with E-state index in [0.29, 0.717) is 0 Å². The monoisotopic (exact) mass is 206 g/mol. The molecule has 1 rings (SSSR count). The van der Waals surface area contributed by atoms with Crippen molar-refractivity contribution in [1.82, 2.24) is 0 Å². The number of halogens is 2. The molecule has 0 aromatic rings. The van der Waals surface area contributed by atoms with Crippen molar-refractivity contribution in [2.45, 2.75) is 17.2 Å². The summed E-state index contributed by atoms with van der Waals surface area (Å²) in [6.07, 6.45) is 4.75. The first-order valence-electron chi connectivity index (χ1n) is 3.41. The molecule has 0 aromatic heterocycles. The average Bonchev–Trinajstić information content (AvgIpc) is 1.94. The summed E-state index contributed by atoms with van der Waals surface area (Å²) in [6, 6.07) is 0. The van der Waals surface area contributed by atoms with Gasteiger partial charge in [-0.1, -0.05) is 18.2 Å². The lowest BCUT2D eigenvalue weighted by Crippen LogP contribution is -2.33. The molecule has 1 aliphatic carbocycles. The largest absolute Gasteiger partial charge is 0.478 e. The van der Waals surface area contributed by atoms with E-state index < -0.39 is 16.2 Å². The van der Waals surface area contributed by atoms with Gasteiger partial charge >= 0.3 is 5.97 Å². The topological polar surface area (TPSA) is 37.3 Å². The summed E-state index contributed by atoms with van der Waals surface area (Å²) in [6.45, 7) is 1.68. The summed E-state index contributed by atoms with van der Waals surface area (Å²) >= 11 is 11.8. The number of allylic oxidation sites excluding steroid dienone is 3. The maximum Gasteiger partial charge on any atom is 0.333 e. The molecule has 0 saturated heterocycles. The zero-order valence-corrected chi connectivity index (χ0v) is 7.93. The van der Waals surface area contributed by atoms with Crippen molar-refractivity contribution >= 4 is 29.2 Å². The van der Waals surface area contributed by atoms with Crippen LogP contribution in [0.15, 0.2) is 23.8 Å². The summed E-state index contributed by atoms with van der Waals surface area (Å²) in [4.78, 5) is 9.81. The van der Waals surface area contributed by atoms with Gasteiger partial charge in [-0.15, -0.1) is 23.2 Å². The zero-order valence-electron chi connectivity index (χ0n) is 6.42. The van der Waals surface area contributed by atoms with E-state index in [0.717, 1.165) is 0 Å². The van der Waals surface area contributed by atoms with E-state index in [9.17, 15) is 4.79 Å². The number of carboxylic acid groups (broad SMARTS) is 1. The highest BCUT2D eigenvalue weighted by Gasteiger charge is 2.35. The Kier molecular flexibility index (Phi) is 2.49. The van der Waals surface area contributed by atoms with E-state index in [1.807, 2.05) is 0 Å². The van der Waals surface area contributed by atoms with Crippen LogP contribution >= 0.6 is 23.2 Å². The van der Waals surface area contributed by atoms with E-state index in [1.54, 1.807) is 19.1 Å². The van der Waals surface area contributed by atoms with Gasteiger partial charge in [0.2, 0.25) is 0 Å². The zero-order chi connectivity index (χ0) is 9.35. The lowest BCUT2D eigenvalue weighted by molar-refractivity contribution is -0.132. The summed E-state index contributed by atoms with van der Waals surface area (Å²) < 4.78 is 0. The van der Waals surface area contributed by atoms with Crippen molar-refractivity contribution in [3.63, 3.8) is 0 Å². The third-order valence-electron chi connectivity index (χ3n) is 1.71. The van der Waals surface area contributed by atoms with Crippen LogP contribution < -0.4 is 0 Å². The quantitative estimate of drug-likeness (QED) is 0.669. The summed E-state index contributed by atoms with van der Waals surface area (Å²) in [5.74, 6) is -1.02. The molecule has 2 atom stereocenters. The molecule has 12 heavy (non-hydrogen) atoms. The number of carbonyl (C=O) groups is 1. The van der Waals surface area contributed by atoms with Crippen LogP contribution in [0.4, 0.5) is 0 Å². The van der Waals surface area contributed by atoms with E-state index in [-0.39, 0.29) is 5.57 Å². The normalized spacial score (nSPS) is 34.6. The number of alkyl halides is 2. The molecule has 0 bridgehead atoms. The maximum atomic E-state index is 10.6. The predicted molar refractivity (Wildman–Crippen MR) is 48.8 cm³/mol. The molecule has 0 spiro atoms. The summed E-state index contributed by atoms with van der Waals surface area (Å²) in [5.41, 5.74) is 0.136. The first kappa shape index (κ1) is 9.62. The van der Waals surface area contributed by atoms with Gasteiger partial charge in [0.1, 0.15) is 0 Å². The lowest BCUT2D eigenvalue weighted by Gasteiger charge is -2.26. The van der Waals surface area contributed by atoms with Gasteiger partial charge in [0.05, 0.1) is 15.8 Å². The van der Waals surface area contributed by atoms with Gasteiger partial charge in [0.25, 0.3) is 0 Å². The molecule has 0 saturated carbocycles. The van der Waals surface area contributed by atoms with Crippen LogP contribution in [0.5, 0.6) is 0 Å². The van der Waals surface area contributed by atoms with Gasteiger partial charge in [0.15, 0.2) is 0 Å². The Morgan fingerprint density at radius 1 is 1.75 bits per heavy atom. The molecule has 0 heterocycles. The molecule has 2 nitrogen and oxygen atoms in total. The molecule has 0 fully saturated rings. The van der Waals surface area contributed by atoms with Crippen LogP contribution in [0.1, 0.15) is 6.92 Å². The SMILES string of the molecule is CC1(Cl)C=CC=C(C(=O)O)C1Cl. The molecule has 2 unspecified atom stereocenters. The van der Waals surface area contributed by atoms with Crippen molar-refractivity contribution in [3.05, 3.63) is 23.8 Å². The smallest absolute Gasteiger partial charge is 0.333 e. The van der Waals surface area contributed by atoms with Gasteiger partial charge in [0, 0.05) is 0 Å². The number of hydrogen-bond donors (Lipinski definition) is 1. The predicted octanol–water partition coefficient (Wildman–Crippen LogP) is 2.17. The minimum Gasteiger partial charge on any atom is -0.478 e. The van der Waals surface area contributed by atoms with E-state index >= 15 is 0 Å². The Balaban J connectivity index is 2.99. The van der Waals surface area contributed by atoms with E-state index in [1.165, 1.54) is 6.08 Å². The first-order chi connectivity index (χ1) is 5.45. The van der Waals surface area contributed by atoms with Crippen molar-refractivity contribution in [1.29, 1.82) is 0 Å². The molecule has 0 radical (unpaired) electrons. The second-order valence-electron chi connectivity index (χ2n) is 2.80. The second-order valence-corrected chi connectivity index (χ2v) is 4.05. The number of rotatable bonds is 1. The molecule has 0 amide bonds. The van der Waals surface area contributed by atoms with Crippen LogP contribution in [0.25, 0.3) is 0 Å². The minimum atomic E-state index is -1.02. The van der Waals surface area contributed by atoms with Crippen LogP contribution in [0, 0.1) is 0 Å². The lowest BCUT2D eigenvalue weighted by atomic mass is 9.94. The third-order valence-corrected chi connectivity index (χ3v) is 2.86. The molecule has 4 heteroatoms. The second kappa shape index (κ2) is 3.11. The fourth-order valence-electron chi connectivity index (χ4n) is 0.993. The Bertz CT molecular complexity index is 266. The molecule has 66 valence electrons. The van der Waals surface area contributed by atoms with Gasteiger partial charge in [-0.05, 0) is 6.92 Å². The molecular weight excluding hydrogens is 199 g/mol. The number of hydrogen-bond acceptors (Lipinski definition) is 1. The minimum absolute atomic E-state index is 0.136. The van der Waals surface area contributed by atoms with Gasteiger partial charge < -0.3 is 5.11 Å². The van der Waals surface area contributed by atoms with Gasteiger partial charge in [-0.25, -0.2) is 4.79 Å². The van der Waals surface area contributed by atoms with E-state index in [4.69, 9.17) is 28.3 Å². The fraction of sp³-hybridized carbons (Fsp3) is 0.375. The Labute approximate surface area is 80.5 Å². The number of carboxylic acids is 1. The highest BCUT2D eigenvalue weighted by Crippen LogP contribution is 2.33. The van der Waals surface area contributed by atoms with Gasteiger partial charge in [-0.2, -0.15) is 0 Å². The van der Waals surface area contributed by atoms with Gasteiger partial charge in [-0.3, -0.25) is 0 Å². The average molecular weight is 207 g/mol. The summed E-state index contributed by atoms with van der Waals surface area (Å²) in [7, 11) is 0. The standard InChI is InChI=1S/C8H8Cl2O2/c1-8(10)4-2-3-5(6(8)9)7(11)12/h2-4,6H,1H3,(H,11,12). The summed E-state index contributed by atoms with van der Waals surface area (Å²) in [5, 5.41) is 8.02. The van der Waals surface area contributed by atoms with Crippen molar-refractivity contribution in [2.24, 2.45) is 0 Å². The Hall–Kier alpha value is -0.470. The third kappa shape index (κ3) is 1.65. The number of aliphatic carboxylic acids is 1. The van der Waals surface area contributed by atoms with Crippen molar-refractivity contribution in [2.75, 3.05) is 0 Å². The van der Waals surface area contributed by atoms with E-state index in [2.05, 4.69) is 0 Å². The highest BCUT2D eigenvalue weighted by atomic mass is 35.5.